The average molecular weight is 235 g/mol. The van der Waals surface area contributed by atoms with Crippen molar-refractivity contribution in [1.29, 1.82) is 0 Å². The Morgan fingerprint density at radius 2 is 1.76 bits per heavy atom. The van der Waals surface area contributed by atoms with Crippen molar-refractivity contribution < 1.29 is 4.74 Å². The lowest BCUT2D eigenvalue weighted by Gasteiger charge is -2.23. The Bertz CT molecular complexity index is 377. The maximum absolute atomic E-state index is 5.85. The third kappa shape index (κ3) is 3.74. The molecular weight excluding hydrogens is 210 g/mol. The van der Waals surface area contributed by atoms with Crippen LogP contribution in [0.4, 0.5) is 0 Å². The predicted molar refractivity (Wildman–Crippen MR) is 73.6 cm³/mol. The largest absolute Gasteiger partial charge is 0.489 e. The Labute approximate surface area is 105 Å². The lowest BCUT2D eigenvalue weighted by Crippen LogP contribution is -2.33. The first-order valence-corrected chi connectivity index (χ1v) is 6.25. The molecule has 0 saturated heterocycles. The molecule has 1 aromatic rings. The van der Waals surface area contributed by atoms with Crippen molar-refractivity contribution in [3.05, 3.63) is 29.3 Å². The standard InChI is InChI=1S/C15H25NO/c1-10-9-13(15(4,5)6)7-8-14(10)17-12(3)11(2)16/h7-9,11-12H,16H2,1-6H3. The van der Waals surface area contributed by atoms with Crippen LogP contribution in [0, 0.1) is 6.92 Å². The van der Waals surface area contributed by atoms with Gasteiger partial charge in [-0.1, -0.05) is 32.9 Å². The molecule has 0 heterocycles. The molecule has 1 rings (SSSR count). The molecule has 2 atom stereocenters. The number of hydrogen-bond acceptors (Lipinski definition) is 2. The summed E-state index contributed by atoms with van der Waals surface area (Å²) in [5, 5.41) is 0. The summed E-state index contributed by atoms with van der Waals surface area (Å²) < 4.78 is 5.85. The second kappa shape index (κ2) is 5.09. The summed E-state index contributed by atoms with van der Waals surface area (Å²) in [7, 11) is 0. The van der Waals surface area contributed by atoms with E-state index in [-0.39, 0.29) is 17.6 Å². The highest BCUT2D eigenvalue weighted by Crippen LogP contribution is 2.28. The summed E-state index contributed by atoms with van der Waals surface area (Å²) >= 11 is 0. The molecule has 0 aliphatic rings. The summed E-state index contributed by atoms with van der Waals surface area (Å²) in [6, 6.07) is 6.42. The van der Waals surface area contributed by atoms with Crippen LogP contribution in [0.25, 0.3) is 0 Å². The third-order valence-corrected chi connectivity index (χ3v) is 3.09. The number of aryl methyl sites for hydroxylation is 1. The molecular formula is C15H25NO. The van der Waals surface area contributed by atoms with Crippen LogP contribution in [-0.2, 0) is 5.41 Å². The summed E-state index contributed by atoms with van der Waals surface area (Å²) in [6.07, 6.45) is 0.0363. The summed E-state index contributed by atoms with van der Waals surface area (Å²) in [5.41, 5.74) is 8.49. The minimum Gasteiger partial charge on any atom is -0.489 e. The van der Waals surface area contributed by atoms with Gasteiger partial charge in [-0.15, -0.1) is 0 Å². The van der Waals surface area contributed by atoms with Gasteiger partial charge in [-0.3, -0.25) is 0 Å². The van der Waals surface area contributed by atoms with Crippen molar-refractivity contribution in [2.45, 2.75) is 59.1 Å². The molecule has 2 heteroatoms. The number of ether oxygens (including phenoxy) is 1. The minimum absolute atomic E-state index is 0.0363. The fourth-order valence-corrected chi connectivity index (χ4v) is 1.56. The molecule has 2 N–H and O–H groups in total. The fraction of sp³-hybridized carbons (Fsp3) is 0.600. The fourth-order valence-electron chi connectivity index (χ4n) is 1.56. The van der Waals surface area contributed by atoms with Crippen molar-refractivity contribution in [2.75, 3.05) is 0 Å². The van der Waals surface area contributed by atoms with Crippen molar-refractivity contribution >= 4 is 0 Å². The molecule has 2 nitrogen and oxygen atoms in total. The molecule has 0 aromatic heterocycles. The Hall–Kier alpha value is -1.02. The van der Waals surface area contributed by atoms with E-state index in [1.54, 1.807) is 0 Å². The van der Waals surface area contributed by atoms with Crippen LogP contribution in [0.3, 0.4) is 0 Å². The normalized spacial score (nSPS) is 15.5. The van der Waals surface area contributed by atoms with Gasteiger partial charge >= 0.3 is 0 Å². The molecule has 17 heavy (non-hydrogen) atoms. The van der Waals surface area contributed by atoms with Gasteiger partial charge in [0.25, 0.3) is 0 Å². The van der Waals surface area contributed by atoms with E-state index in [1.165, 1.54) is 11.1 Å². The highest BCUT2D eigenvalue weighted by atomic mass is 16.5. The Balaban J connectivity index is 2.91. The van der Waals surface area contributed by atoms with Gasteiger partial charge in [-0.25, -0.2) is 0 Å². The monoisotopic (exact) mass is 235 g/mol. The van der Waals surface area contributed by atoms with E-state index < -0.39 is 0 Å². The second-order valence-electron chi connectivity index (χ2n) is 5.91. The first kappa shape index (κ1) is 14.0. The van der Waals surface area contributed by atoms with Gasteiger partial charge in [0.15, 0.2) is 0 Å². The van der Waals surface area contributed by atoms with Crippen LogP contribution in [-0.4, -0.2) is 12.1 Å². The molecule has 0 bridgehead atoms. The third-order valence-electron chi connectivity index (χ3n) is 3.09. The van der Waals surface area contributed by atoms with Crippen molar-refractivity contribution in [3.63, 3.8) is 0 Å². The molecule has 0 saturated carbocycles. The highest BCUT2D eigenvalue weighted by molar-refractivity contribution is 5.38. The van der Waals surface area contributed by atoms with Crippen molar-refractivity contribution in [1.82, 2.24) is 0 Å². The first-order chi connectivity index (χ1) is 7.71. The molecule has 1 aromatic carbocycles. The SMILES string of the molecule is Cc1cc(C(C)(C)C)ccc1OC(C)C(C)N. The molecule has 0 aliphatic carbocycles. The minimum atomic E-state index is 0.0363. The topological polar surface area (TPSA) is 35.2 Å². The van der Waals surface area contributed by atoms with Crippen LogP contribution >= 0.6 is 0 Å². The zero-order valence-corrected chi connectivity index (χ0v) is 11.9. The summed E-state index contributed by atoms with van der Waals surface area (Å²) in [5.74, 6) is 0.933. The van der Waals surface area contributed by atoms with E-state index in [0.29, 0.717) is 0 Å². The van der Waals surface area contributed by atoms with Gasteiger partial charge in [0.05, 0.1) is 0 Å². The lowest BCUT2D eigenvalue weighted by molar-refractivity contribution is 0.195. The second-order valence-corrected chi connectivity index (χ2v) is 5.91. The van der Waals surface area contributed by atoms with E-state index in [0.717, 1.165) is 5.75 Å². The zero-order chi connectivity index (χ0) is 13.2. The van der Waals surface area contributed by atoms with Gasteiger partial charge < -0.3 is 10.5 Å². The number of nitrogens with two attached hydrogens (primary N) is 1. The maximum atomic E-state index is 5.85. The van der Waals surface area contributed by atoms with Crippen molar-refractivity contribution in [3.8, 4) is 5.75 Å². The lowest BCUT2D eigenvalue weighted by atomic mass is 9.86. The summed E-state index contributed by atoms with van der Waals surface area (Å²) in [6.45, 7) is 12.7. The molecule has 0 fully saturated rings. The zero-order valence-electron chi connectivity index (χ0n) is 11.9. The smallest absolute Gasteiger partial charge is 0.122 e. The molecule has 2 unspecified atom stereocenters. The molecule has 0 amide bonds. The number of rotatable bonds is 3. The summed E-state index contributed by atoms with van der Waals surface area (Å²) in [4.78, 5) is 0. The van der Waals surface area contributed by atoms with Crippen LogP contribution in [0.1, 0.15) is 45.7 Å². The van der Waals surface area contributed by atoms with Crippen LogP contribution in [0.15, 0.2) is 18.2 Å². The van der Waals surface area contributed by atoms with Crippen molar-refractivity contribution in [2.24, 2.45) is 5.73 Å². The Morgan fingerprint density at radius 3 is 2.18 bits per heavy atom. The predicted octanol–water partition coefficient (Wildman–Crippen LogP) is 3.41. The van der Waals surface area contributed by atoms with E-state index in [4.69, 9.17) is 10.5 Å². The van der Waals surface area contributed by atoms with Gasteiger partial charge in [-0.05, 0) is 43.4 Å². The molecule has 0 radical (unpaired) electrons. The average Bonchev–Trinajstić information content (AvgIpc) is 2.19. The van der Waals surface area contributed by atoms with E-state index >= 15 is 0 Å². The van der Waals surface area contributed by atoms with Gasteiger partial charge in [0.2, 0.25) is 0 Å². The molecule has 0 spiro atoms. The quantitative estimate of drug-likeness (QED) is 0.871. The van der Waals surface area contributed by atoms with Crippen LogP contribution in [0.2, 0.25) is 0 Å². The van der Waals surface area contributed by atoms with Crippen LogP contribution in [0.5, 0.6) is 5.75 Å². The van der Waals surface area contributed by atoms with E-state index in [9.17, 15) is 0 Å². The molecule has 0 aliphatic heterocycles. The molecule has 96 valence electrons. The maximum Gasteiger partial charge on any atom is 0.122 e. The van der Waals surface area contributed by atoms with E-state index in [1.807, 2.05) is 13.8 Å². The highest BCUT2D eigenvalue weighted by Gasteiger charge is 2.16. The first-order valence-electron chi connectivity index (χ1n) is 6.25. The Morgan fingerprint density at radius 1 is 1.18 bits per heavy atom. The Kier molecular flexibility index (Phi) is 4.21. The van der Waals surface area contributed by atoms with Gasteiger partial charge in [0.1, 0.15) is 11.9 Å². The number of hydrogen-bond donors (Lipinski definition) is 1. The van der Waals surface area contributed by atoms with Gasteiger partial charge in [-0.2, -0.15) is 0 Å². The number of benzene rings is 1. The van der Waals surface area contributed by atoms with Crippen LogP contribution < -0.4 is 10.5 Å². The van der Waals surface area contributed by atoms with E-state index in [2.05, 4.69) is 45.9 Å². The van der Waals surface area contributed by atoms with Gasteiger partial charge in [0, 0.05) is 6.04 Å².